The van der Waals surface area contributed by atoms with E-state index in [1.54, 1.807) is 11.3 Å². The van der Waals surface area contributed by atoms with Crippen LogP contribution in [0.4, 0.5) is 0 Å². The standard InChI is InChI=1S/C15H12BrNS/c16-11-5-3-4-10(8-11)15(17)13-9-18-14-7-2-1-6-12(13)14/h1-9,15H,17H2. The minimum atomic E-state index is -0.0707. The highest BCUT2D eigenvalue weighted by molar-refractivity contribution is 9.10. The zero-order valence-corrected chi connectivity index (χ0v) is 12.0. The number of benzene rings is 2. The molecule has 2 N–H and O–H groups in total. The monoisotopic (exact) mass is 317 g/mol. The van der Waals surface area contributed by atoms with Crippen LogP contribution in [-0.2, 0) is 0 Å². The minimum Gasteiger partial charge on any atom is -0.320 e. The fourth-order valence-electron chi connectivity index (χ4n) is 2.12. The molecule has 0 aliphatic heterocycles. The molecule has 0 radical (unpaired) electrons. The summed E-state index contributed by atoms with van der Waals surface area (Å²) in [5, 5.41) is 3.42. The van der Waals surface area contributed by atoms with Crippen molar-refractivity contribution in [2.24, 2.45) is 5.73 Å². The smallest absolute Gasteiger partial charge is 0.0566 e. The van der Waals surface area contributed by atoms with Gasteiger partial charge in [-0.15, -0.1) is 11.3 Å². The molecule has 0 aliphatic carbocycles. The Labute approximate surface area is 118 Å². The third-order valence-corrected chi connectivity index (χ3v) is 4.53. The van der Waals surface area contributed by atoms with Crippen LogP contribution in [0.15, 0.2) is 58.4 Å². The fraction of sp³-hybridized carbons (Fsp3) is 0.0667. The van der Waals surface area contributed by atoms with Crippen LogP contribution in [0, 0.1) is 0 Å². The minimum absolute atomic E-state index is 0.0707. The van der Waals surface area contributed by atoms with E-state index in [0.717, 1.165) is 10.0 Å². The van der Waals surface area contributed by atoms with E-state index >= 15 is 0 Å². The van der Waals surface area contributed by atoms with Crippen LogP contribution in [0.25, 0.3) is 10.1 Å². The van der Waals surface area contributed by atoms with Crippen LogP contribution in [-0.4, -0.2) is 0 Å². The van der Waals surface area contributed by atoms with Crippen molar-refractivity contribution in [3.8, 4) is 0 Å². The first-order chi connectivity index (χ1) is 8.75. The van der Waals surface area contributed by atoms with E-state index in [2.05, 4.69) is 57.7 Å². The molecule has 18 heavy (non-hydrogen) atoms. The van der Waals surface area contributed by atoms with E-state index in [0.29, 0.717) is 0 Å². The van der Waals surface area contributed by atoms with Gasteiger partial charge in [0.05, 0.1) is 6.04 Å². The predicted octanol–water partition coefficient (Wildman–Crippen LogP) is 4.71. The van der Waals surface area contributed by atoms with Gasteiger partial charge >= 0.3 is 0 Å². The Balaban J connectivity index is 2.09. The van der Waals surface area contributed by atoms with Crippen molar-refractivity contribution in [3.05, 3.63) is 69.5 Å². The van der Waals surface area contributed by atoms with Crippen LogP contribution in [0.2, 0.25) is 0 Å². The highest BCUT2D eigenvalue weighted by atomic mass is 79.9. The average molecular weight is 318 g/mol. The lowest BCUT2D eigenvalue weighted by molar-refractivity contribution is 0.884. The predicted molar refractivity (Wildman–Crippen MR) is 82.0 cm³/mol. The molecular formula is C15H12BrNS. The maximum Gasteiger partial charge on any atom is 0.0566 e. The van der Waals surface area contributed by atoms with E-state index in [-0.39, 0.29) is 6.04 Å². The Hall–Kier alpha value is -1.16. The summed E-state index contributed by atoms with van der Waals surface area (Å²) in [5.41, 5.74) is 8.72. The van der Waals surface area contributed by atoms with Crippen LogP contribution in [0.3, 0.4) is 0 Å². The van der Waals surface area contributed by atoms with Crippen LogP contribution >= 0.6 is 27.3 Å². The highest BCUT2D eigenvalue weighted by Crippen LogP contribution is 2.32. The Morgan fingerprint density at radius 2 is 1.89 bits per heavy atom. The number of thiophene rings is 1. The summed E-state index contributed by atoms with van der Waals surface area (Å²) in [5.74, 6) is 0. The molecule has 0 aliphatic rings. The maximum absolute atomic E-state index is 6.38. The van der Waals surface area contributed by atoms with Gasteiger partial charge in [0, 0.05) is 9.17 Å². The van der Waals surface area contributed by atoms with Gasteiger partial charge in [-0.1, -0.05) is 46.3 Å². The van der Waals surface area contributed by atoms with Gasteiger partial charge in [-0.3, -0.25) is 0 Å². The molecule has 2 aromatic carbocycles. The van der Waals surface area contributed by atoms with E-state index in [1.807, 2.05) is 12.1 Å². The molecule has 0 bridgehead atoms. The summed E-state index contributed by atoms with van der Waals surface area (Å²) in [6.45, 7) is 0. The van der Waals surface area contributed by atoms with Gasteiger partial charge < -0.3 is 5.73 Å². The topological polar surface area (TPSA) is 26.0 Å². The molecule has 0 saturated carbocycles. The summed E-state index contributed by atoms with van der Waals surface area (Å²) < 4.78 is 2.35. The highest BCUT2D eigenvalue weighted by Gasteiger charge is 2.13. The van der Waals surface area contributed by atoms with Crippen molar-refractivity contribution in [3.63, 3.8) is 0 Å². The van der Waals surface area contributed by atoms with Crippen LogP contribution < -0.4 is 5.73 Å². The lowest BCUT2D eigenvalue weighted by Gasteiger charge is -2.11. The van der Waals surface area contributed by atoms with Gasteiger partial charge in [0.25, 0.3) is 0 Å². The van der Waals surface area contributed by atoms with Gasteiger partial charge in [-0.2, -0.15) is 0 Å². The summed E-state index contributed by atoms with van der Waals surface area (Å²) in [4.78, 5) is 0. The molecule has 3 rings (SSSR count). The third-order valence-electron chi connectivity index (χ3n) is 3.05. The number of halogens is 1. The van der Waals surface area contributed by atoms with E-state index < -0.39 is 0 Å². The van der Waals surface area contributed by atoms with Gasteiger partial charge in [-0.05, 0) is 40.1 Å². The largest absolute Gasteiger partial charge is 0.320 e. The molecule has 1 atom stereocenters. The fourth-order valence-corrected chi connectivity index (χ4v) is 3.53. The molecular weight excluding hydrogens is 306 g/mol. The number of hydrogen-bond acceptors (Lipinski definition) is 2. The molecule has 0 fully saturated rings. The Kier molecular flexibility index (Phi) is 3.20. The zero-order chi connectivity index (χ0) is 12.5. The average Bonchev–Trinajstić information content (AvgIpc) is 2.82. The molecule has 1 heterocycles. The second-order valence-corrected chi connectivity index (χ2v) is 6.05. The Morgan fingerprint density at radius 1 is 1.06 bits per heavy atom. The van der Waals surface area contributed by atoms with Crippen molar-refractivity contribution >= 4 is 37.4 Å². The molecule has 90 valence electrons. The normalized spacial score (nSPS) is 12.8. The first-order valence-electron chi connectivity index (χ1n) is 5.73. The zero-order valence-electron chi connectivity index (χ0n) is 9.64. The second-order valence-electron chi connectivity index (χ2n) is 4.22. The molecule has 0 saturated heterocycles. The Morgan fingerprint density at radius 3 is 2.72 bits per heavy atom. The first-order valence-corrected chi connectivity index (χ1v) is 7.40. The molecule has 3 aromatic rings. The lowest BCUT2D eigenvalue weighted by atomic mass is 9.99. The van der Waals surface area contributed by atoms with Crippen molar-refractivity contribution < 1.29 is 0 Å². The van der Waals surface area contributed by atoms with Crippen LogP contribution in [0.5, 0.6) is 0 Å². The number of hydrogen-bond donors (Lipinski definition) is 1. The molecule has 1 nitrogen and oxygen atoms in total. The number of rotatable bonds is 2. The van der Waals surface area contributed by atoms with Crippen molar-refractivity contribution in [1.29, 1.82) is 0 Å². The van der Waals surface area contributed by atoms with Crippen molar-refractivity contribution in [2.45, 2.75) is 6.04 Å². The van der Waals surface area contributed by atoms with E-state index in [1.165, 1.54) is 15.6 Å². The summed E-state index contributed by atoms with van der Waals surface area (Å²) in [6.07, 6.45) is 0. The summed E-state index contributed by atoms with van der Waals surface area (Å²) in [7, 11) is 0. The summed E-state index contributed by atoms with van der Waals surface area (Å²) >= 11 is 5.24. The SMILES string of the molecule is NC(c1cccc(Br)c1)c1csc2ccccc12. The summed E-state index contributed by atoms with van der Waals surface area (Å²) in [6, 6.07) is 16.5. The quantitative estimate of drug-likeness (QED) is 0.727. The maximum atomic E-state index is 6.38. The van der Waals surface area contributed by atoms with Crippen LogP contribution in [0.1, 0.15) is 17.2 Å². The molecule has 1 aromatic heterocycles. The van der Waals surface area contributed by atoms with Gasteiger partial charge in [0.15, 0.2) is 0 Å². The first kappa shape index (κ1) is 11.9. The number of fused-ring (bicyclic) bond motifs is 1. The van der Waals surface area contributed by atoms with Gasteiger partial charge in [-0.25, -0.2) is 0 Å². The number of nitrogens with two attached hydrogens (primary N) is 1. The Bertz CT molecular complexity index is 690. The van der Waals surface area contributed by atoms with Crippen molar-refractivity contribution in [2.75, 3.05) is 0 Å². The molecule has 0 spiro atoms. The van der Waals surface area contributed by atoms with Crippen molar-refractivity contribution in [1.82, 2.24) is 0 Å². The second kappa shape index (κ2) is 4.84. The molecule has 1 unspecified atom stereocenters. The van der Waals surface area contributed by atoms with E-state index in [9.17, 15) is 0 Å². The molecule has 0 amide bonds. The van der Waals surface area contributed by atoms with Gasteiger partial charge in [0.2, 0.25) is 0 Å². The third kappa shape index (κ3) is 2.09. The van der Waals surface area contributed by atoms with Gasteiger partial charge in [0.1, 0.15) is 0 Å². The lowest BCUT2D eigenvalue weighted by Crippen LogP contribution is -2.11. The molecule has 3 heteroatoms. The van der Waals surface area contributed by atoms with E-state index in [4.69, 9.17) is 5.73 Å².